The molecule has 1 atom stereocenters. The van der Waals surface area contributed by atoms with Gasteiger partial charge < -0.3 is 15.4 Å². The van der Waals surface area contributed by atoms with E-state index in [0.717, 1.165) is 22.7 Å². The monoisotopic (exact) mass is 375 g/mol. The Morgan fingerprint density at radius 1 is 0.929 bits per heavy atom. The molecular formula is C23H25N3O2. The molecule has 5 nitrogen and oxygen atoms in total. The van der Waals surface area contributed by atoms with Crippen LogP contribution in [0.15, 0.2) is 73.1 Å². The number of benzene rings is 2. The lowest BCUT2D eigenvalue weighted by Crippen LogP contribution is -2.26. The van der Waals surface area contributed by atoms with E-state index in [-0.39, 0.29) is 18.1 Å². The third-order valence-electron chi connectivity index (χ3n) is 4.16. The van der Waals surface area contributed by atoms with Crippen LogP contribution in [0.3, 0.4) is 0 Å². The summed E-state index contributed by atoms with van der Waals surface area (Å²) >= 11 is 0. The number of hydrogen-bond donors (Lipinski definition) is 2. The van der Waals surface area contributed by atoms with Crippen LogP contribution in [0.5, 0.6) is 5.75 Å². The van der Waals surface area contributed by atoms with Gasteiger partial charge in [-0.1, -0.05) is 30.3 Å². The van der Waals surface area contributed by atoms with Gasteiger partial charge in [0, 0.05) is 11.9 Å². The number of carbonyl (C=O) groups excluding carboxylic acids is 1. The van der Waals surface area contributed by atoms with Crippen LogP contribution in [0.4, 0.5) is 11.4 Å². The van der Waals surface area contributed by atoms with Crippen LogP contribution in [-0.2, 0) is 0 Å². The summed E-state index contributed by atoms with van der Waals surface area (Å²) in [5.41, 5.74) is 3.21. The van der Waals surface area contributed by atoms with Crippen molar-refractivity contribution in [3.8, 4) is 5.75 Å². The van der Waals surface area contributed by atoms with Crippen LogP contribution >= 0.6 is 0 Å². The van der Waals surface area contributed by atoms with Crippen LogP contribution in [0.1, 0.15) is 42.7 Å². The minimum atomic E-state index is -0.159. The van der Waals surface area contributed by atoms with Crippen molar-refractivity contribution < 1.29 is 9.53 Å². The van der Waals surface area contributed by atoms with Gasteiger partial charge in [-0.3, -0.25) is 9.78 Å². The minimum Gasteiger partial charge on any atom is -0.491 e. The second-order valence-corrected chi connectivity index (χ2v) is 6.88. The Bertz CT molecular complexity index is 909. The van der Waals surface area contributed by atoms with Gasteiger partial charge in [0.2, 0.25) is 0 Å². The normalized spacial score (nSPS) is 11.7. The van der Waals surface area contributed by atoms with Gasteiger partial charge in [0.25, 0.3) is 5.91 Å². The Morgan fingerprint density at radius 3 is 2.32 bits per heavy atom. The van der Waals surface area contributed by atoms with Gasteiger partial charge >= 0.3 is 0 Å². The van der Waals surface area contributed by atoms with Crippen molar-refractivity contribution in [1.29, 1.82) is 0 Å². The highest BCUT2D eigenvalue weighted by Crippen LogP contribution is 2.21. The third kappa shape index (κ3) is 5.33. The zero-order chi connectivity index (χ0) is 19.9. The summed E-state index contributed by atoms with van der Waals surface area (Å²) in [6.07, 6.45) is 3.39. The van der Waals surface area contributed by atoms with Crippen molar-refractivity contribution in [1.82, 2.24) is 10.3 Å². The van der Waals surface area contributed by atoms with E-state index in [0.29, 0.717) is 5.56 Å². The second-order valence-electron chi connectivity index (χ2n) is 6.88. The van der Waals surface area contributed by atoms with E-state index in [1.54, 1.807) is 18.5 Å². The van der Waals surface area contributed by atoms with Crippen LogP contribution in [-0.4, -0.2) is 17.0 Å². The minimum absolute atomic E-state index is 0.0844. The van der Waals surface area contributed by atoms with Crippen molar-refractivity contribution in [3.63, 3.8) is 0 Å². The average molecular weight is 375 g/mol. The first-order valence-corrected chi connectivity index (χ1v) is 9.36. The van der Waals surface area contributed by atoms with E-state index in [4.69, 9.17) is 4.74 Å². The van der Waals surface area contributed by atoms with Crippen LogP contribution in [0.2, 0.25) is 0 Å². The predicted molar refractivity (Wildman–Crippen MR) is 112 cm³/mol. The first kappa shape index (κ1) is 19.4. The Labute approximate surface area is 165 Å². The fraction of sp³-hybridized carbons (Fsp3) is 0.217. The number of ether oxygens (including phenoxy) is 1. The number of amides is 1. The lowest BCUT2D eigenvalue weighted by Gasteiger charge is -2.15. The molecule has 1 heterocycles. The predicted octanol–water partition coefficient (Wildman–Crippen LogP) is 5.10. The zero-order valence-corrected chi connectivity index (χ0v) is 16.3. The zero-order valence-electron chi connectivity index (χ0n) is 16.3. The molecule has 0 aliphatic heterocycles. The Balaban J connectivity index is 1.65. The number of nitrogens with one attached hydrogen (secondary N) is 2. The van der Waals surface area contributed by atoms with Gasteiger partial charge in [-0.2, -0.15) is 0 Å². The van der Waals surface area contributed by atoms with Crippen LogP contribution in [0.25, 0.3) is 0 Å². The first-order valence-electron chi connectivity index (χ1n) is 9.36. The molecule has 1 unspecified atom stereocenters. The Kier molecular flexibility index (Phi) is 6.27. The number of pyridine rings is 1. The van der Waals surface area contributed by atoms with Crippen molar-refractivity contribution in [3.05, 3.63) is 84.2 Å². The van der Waals surface area contributed by atoms with Gasteiger partial charge in [0.1, 0.15) is 5.75 Å². The molecule has 0 radical (unpaired) electrons. The first-order chi connectivity index (χ1) is 13.5. The maximum absolute atomic E-state index is 12.6. The molecule has 1 amide bonds. The molecular weight excluding hydrogens is 350 g/mol. The summed E-state index contributed by atoms with van der Waals surface area (Å²) < 4.78 is 5.65. The molecule has 1 aromatic heterocycles. The van der Waals surface area contributed by atoms with Gasteiger partial charge in [0.15, 0.2) is 0 Å². The molecule has 3 rings (SSSR count). The summed E-state index contributed by atoms with van der Waals surface area (Å²) in [6.45, 7) is 5.95. The van der Waals surface area contributed by atoms with Gasteiger partial charge in [-0.05, 0) is 56.7 Å². The number of hydrogen-bond acceptors (Lipinski definition) is 4. The fourth-order valence-corrected chi connectivity index (χ4v) is 2.79. The maximum Gasteiger partial charge on any atom is 0.253 e. The number of anilines is 2. The van der Waals surface area contributed by atoms with E-state index >= 15 is 0 Å². The van der Waals surface area contributed by atoms with E-state index < -0.39 is 0 Å². The Hall–Kier alpha value is -3.34. The molecule has 3 aromatic rings. The summed E-state index contributed by atoms with van der Waals surface area (Å²) in [5.74, 6) is 0.662. The lowest BCUT2D eigenvalue weighted by atomic mass is 10.1. The molecule has 2 aromatic carbocycles. The van der Waals surface area contributed by atoms with Gasteiger partial charge in [-0.15, -0.1) is 0 Å². The average Bonchev–Trinajstić information content (AvgIpc) is 2.70. The highest BCUT2D eigenvalue weighted by molar-refractivity contribution is 5.95. The number of rotatable bonds is 7. The summed E-state index contributed by atoms with van der Waals surface area (Å²) in [6, 6.07) is 19.3. The lowest BCUT2D eigenvalue weighted by molar-refractivity contribution is 0.0939. The smallest absolute Gasteiger partial charge is 0.253 e. The quantitative estimate of drug-likeness (QED) is 0.603. The van der Waals surface area contributed by atoms with Gasteiger partial charge in [0.05, 0.1) is 29.6 Å². The van der Waals surface area contributed by atoms with Crippen molar-refractivity contribution >= 4 is 17.3 Å². The van der Waals surface area contributed by atoms with Crippen molar-refractivity contribution in [2.45, 2.75) is 32.9 Å². The van der Waals surface area contributed by atoms with Crippen LogP contribution in [0, 0.1) is 0 Å². The molecule has 28 heavy (non-hydrogen) atoms. The van der Waals surface area contributed by atoms with Crippen LogP contribution < -0.4 is 15.4 Å². The Morgan fingerprint density at radius 2 is 1.64 bits per heavy atom. The highest BCUT2D eigenvalue weighted by Gasteiger charge is 2.12. The third-order valence-corrected chi connectivity index (χ3v) is 4.16. The second kappa shape index (κ2) is 9.04. The number of carbonyl (C=O) groups is 1. The standard InChI is InChI=1S/C23H25N3O2/c1-16(2)28-22-11-9-20(10-12-22)26-21-13-19(14-24-15-21)23(27)25-17(3)18-7-5-4-6-8-18/h4-17,26H,1-3H3,(H,25,27). The van der Waals surface area contributed by atoms with E-state index in [1.807, 2.05) is 75.4 Å². The SMILES string of the molecule is CC(C)Oc1ccc(Nc2cncc(C(=O)NC(C)c3ccccc3)c2)cc1. The molecule has 0 saturated carbocycles. The molecule has 0 saturated heterocycles. The topological polar surface area (TPSA) is 63.2 Å². The van der Waals surface area contributed by atoms with E-state index in [9.17, 15) is 4.79 Å². The largest absolute Gasteiger partial charge is 0.491 e. The highest BCUT2D eigenvalue weighted by atomic mass is 16.5. The molecule has 0 spiro atoms. The number of nitrogens with zero attached hydrogens (tertiary/aromatic N) is 1. The summed E-state index contributed by atoms with van der Waals surface area (Å²) in [7, 11) is 0. The summed E-state index contributed by atoms with van der Waals surface area (Å²) in [5, 5.41) is 6.27. The molecule has 0 aliphatic rings. The molecule has 0 bridgehead atoms. The van der Waals surface area contributed by atoms with E-state index in [2.05, 4.69) is 15.6 Å². The molecule has 144 valence electrons. The van der Waals surface area contributed by atoms with Gasteiger partial charge in [-0.25, -0.2) is 0 Å². The van der Waals surface area contributed by atoms with Crippen molar-refractivity contribution in [2.75, 3.05) is 5.32 Å². The van der Waals surface area contributed by atoms with Crippen molar-refractivity contribution in [2.24, 2.45) is 0 Å². The molecule has 2 N–H and O–H groups in total. The van der Waals surface area contributed by atoms with E-state index in [1.165, 1.54) is 0 Å². The summed E-state index contributed by atoms with van der Waals surface area (Å²) in [4.78, 5) is 16.8. The maximum atomic E-state index is 12.6. The fourth-order valence-electron chi connectivity index (χ4n) is 2.79. The molecule has 0 aliphatic carbocycles. The number of aromatic nitrogens is 1. The molecule has 5 heteroatoms. The molecule has 0 fully saturated rings.